The lowest BCUT2D eigenvalue weighted by Gasteiger charge is -2.08. The van der Waals surface area contributed by atoms with Crippen LogP contribution in [0.5, 0.6) is 0 Å². The number of nitrogens with zero attached hydrogens (tertiary/aromatic N) is 2. The highest BCUT2D eigenvalue weighted by Gasteiger charge is 2.18. The number of rotatable bonds is 2. The fourth-order valence-corrected chi connectivity index (χ4v) is 3.43. The van der Waals surface area contributed by atoms with Gasteiger partial charge in [-0.25, -0.2) is 14.4 Å². The monoisotopic (exact) mass is 358 g/mol. The topological polar surface area (TPSA) is 25.8 Å². The van der Waals surface area contributed by atoms with Crippen LogP contribution in [0.2, 0.25) is 15.3 Å². The van der Waals surface area contributed by atoms with E-state index in [-0.39, 0.29) is 21.4 Å². The Hall–Kier alpha value is -1.20. The first-order valence-corrected chi connectivity index (χ1v) is 7.80. The molecule has 0 N–H and O–H groups in total. The standard InChI is InChI=1S/C14H6Cl3FN2S/c15-7-5-10(21-6-7)14-19-12(16)11(13(17)20-14)8-3-1-2-4-9(8)18/h1-6H. The molecule has 0 aliphatic rings. The number of halogens is 4. The van der Waals surface area contributed by atoms with Gasteiger partial charge in [-0.05, 0) is 12.1 Å². The lowest BCUT2D eigenvalue weighted by atomic mass is 10.1. The largest absolute Gasteiger partial charge is 0.215 e. The van der Waals surface area contributed by atoms with Crippen LogP contribution in [-0.2, 0) is 0 Å². The maximum absolute atomic E-state index is 13.9. The highest BCUT2D eigenvalue weighted by molar-refractivity contribution is 7.14. The molecule has 0 amide bonds. The first-order chi connectivity index (χ1) is 10.1. The fourth-order valence-electron chi connectivity index (χ4n) is 1.83. The third kappa shape index (κ3) is 2.90. The second-order valence-electron chi connectivity index (χ2n) is 4.11. The van der Waals surface area contributed by atoms with Crippen LogP contribution in [0.1, 0.15) is 0 Å². The van der Waals surface area contributed by atoms with Gasteiger partial charge in [-0.2, -0.15) is 0 Å². The predicted molar refractivity (Wildman–Crippen MR) is 85.8 cm³/mol. The Labute approximate surface area is 139 Å². The van der Waals surface area contributed by atoms with Crippen molar-refractivity contribution < 1.29 is 4.39 Å². The van der Waals surface area contributed by atoms with Crippen molar-refractivity contribution in [1.29, 1.82) is 0 Å². The van der Waals surface area contributed by atoms with Crippen LogP contribution < -0.4 is 0 Å². The minimum atomic E-state index is -0.434. The van der Waals surface area contributed by atoms with Gasteiger partial charge in [0.2, 0.25) is 0 Å². The van der Waals surface area contributed by atoms with Crippen LogP contribution in [0.4, 0.5) is 4.39 Å². The van der Waals surface area contributed by atoms with E-state index >= 15 is 0 Å². The van der Waals surface area contributed by atoms with E-state index in [0.29, 0.717) is 10.8 Å². The minimum absolute atomic E-state index is 0.0969. The maximum Gasteiger partial charge on any atom is 0.172 e. The molecule has 0 aliphatic carbocycles. The molecule has 3 rings (SSSR count). The van der Waals surface area contributed by atoms with Crippen molar-refractivity contribution in [3.8, 4) is 21.8 Å². The van der Waals surface area contributed by atoms with Crippen LogP contribution in [0, 0.1) is 5.82 Å². The summed E-state index contributed by atoms with van der Waals surface area (Å²) in [4.78, 5) is 9.12. The van der Waals surface area contributed by atoms with E-state index in [1.807, 2.05) is 0 Å². The molecule has 0 saturated carbocycles. The van der Waals surface area contributed by atoms with Crippen molar-refractivity contribution in [2.24, 2.45) is 0 Å². The van der Waals surface area contributed by atoms with Crippen molar-refractivity contribution in [2.75, 3.05) is 0 Å². The molecule has 0 radical (unpaired) electrons. The second-order valence-corrected chi connectivity index (χ2v) is 6.18. The molecule has 0 atom stereocenters. The molecule has 1 aromatic carbocycles. The van der Waals surface area contributed by atoms with Crippen molar-refractivity contribution in [3.63, 3.8) is 0 Å². The van der Waals surface area contributed by atoms with Crippen molar-refractivity contribution in [3.05, 3.63) is 56.9 Å². The molecular formula is C14H6Cl3FN2S. The van der Waals surface area contributed by atoms with E-state index in [9.17, 15) is 4.39 Å². The van der Waals surface area contributed by atoms with Crippen LogP contribution in [0.15, 0.2) is 35.7 Å². The number of hydrogen-bond donors (Lipinski definition) is 0. The molecule has 3 aromatic rings. The summed E-state index contributed by atoms with van der Waals surface area (Å²) in [5.74, 6) is -0.0705. The zero-order valence-corrected chi connectivity index (χ0v) is 13.4. The van der Waals surface area contributed by atoms with Crippen molar-refractivity contribution >= 4 is 46.1 Å². The fraction of sp³-hybridized carbons (Fsp3) is 0. The SMILES string of the molecule is Fc1ccccc1-c1c(Cl)nc(-c2cc(Cl)cs2)nc1Cl. The molecule has 0 bridgehead atoms. The number of thiophene rings is 1. The summed E-state index contributed by atoms with van der Waals surface area (Å²) in [5, 5.41) is 2.54. The molecule has 0 aliphatic heterocycles. The van der Waals surface area contributed by atoms with Gasteiger partial charge in [0, 0.05) is 10.9 Å². The summed E-state index contributed by atoms with van der Waals surface area (Å²) in [7, 11) is 0. The van der Waals surface area contributed by atoms with Gasteiger partial charge in [-0.3, -0.25) is 0 Å². The first kappa shape index (κ1) is 14.7. The number of benzene rings is 1. The molecule has 0 fully saturated rings. The van der Waals surface area contributed by atoms with E-state index in [1.165, 1.54) is 17.4 Å². The van der Waals surface area contributed by atoms with Gasteiger partial charge < -0.3 is 0 Å². The van der Waals surface area contributed by atoms with E-state index < -0.39 is 5.82 Å². The molecule has 0 spiro atoms. The Morgan fingerprint density at radius 1 is 1.00 bits per heavy atom. The highest BCUT2D eigenvalue weighted by Crippen LogP contribution is 2.36. The summed E-state index contributed by atoms with van der Waals surface area (Å²) in [5.41, 5.74) is 0.547. The van der Waals surface area contributed by atoms with E-state index in [4.69, 9.17) is 34.8 Å². The molecule has 21 heavy (non-hydrogen) atoms. The summed E-state index contributed by atoms with van der Waals surface area (Å²) < 4.78 is 13.9. The van der Waals surface area contributed by atoms with E-state index in [2.05, 4.69) is 9.97 Å². The highest BCUT2D eigenvalue weighted by atomic mass is 35.5. The molecule has 0 unspecified atom stereocenters. The molecule has 2 nitrogen and oxygen atoms in total. The Morgan fingerprint density at radius 3 is 2.24 bits per heavy atom. The third-order valence-electron chi connectivity index (χ3n) is 2.75. The normalized spacial score (nSPS) is 10.9. The van der Waals surface area contributed by atoms with Crippen LogP contribution >= 0.6 is 46.1 Å². The third-order valence-corrected chi connectivity index (χ3v) is 4.57. The summed E-state index contributed by atoms with van der Waals surface area (Å²) in [6.45, 7) is 0. The van der Waals surface area contributed by atoms with Crippen LogP contribution in [0.3, 0.4) is 0 Å². The van der Waals surface area contributed by atoms with Gasteiger partial charge in [0.15, 0.2) is 5.82 Å². The Kier molecular flexibility index (Phi) is 4.13. The van der Waals surface area contributed by atoms with Gasteiger partial charge in [-0.15, -0.1) is 11.3 Å². The van der Waals surface area contributed by atoms with Gasteiger partial charge in [-0.1, -0.05) is 53.0 Å². The molecule has 106 valence electrons. The smallest absolute Gasteiger partial charge is 0.172 e. The molecule has 0 saturated heterocycles. The van der Waals surface area contributed by atoms with Gasteiger partial charge in [0.1, 0.15) is 16.1 Å². The number of hydrogen-bond acceptors (Lipinski definition) is 3. The zero-order valence-electron chi connectivity index (χ0n) is 10.3. The lowest BCUT2D eigenvalue weighted by molar-refractivity contribution is 0.631. The molecule has 2 aromatic heterocycles. The first-order valence-electron chi connectivity index (χ1n) is 5.78. The maximum atomic E-state index is 13.9. The Morgan fingerprint density at radius 2 is 1.67 bits per heavy atom. The lowest BCUT2D eigenvalue weighted by Crippen LogP contribution is -1.95. The zero-order chi connectivity index (χ0) is 15.0. The van der Waals surface area contributed by atoms with Crippen LogP contribution in [0.25, 0.3) is 21.8 Å². The Balaban J connectivity index is 2.15. The molecule has 2 heterocycles. The van der Waals surface area contributed by atoms with Crippen molar-refractivity contribution in [1.82, 2.24) is 9.97 Å². The minimum Gasteiger partial charge on any atom is -0.215 e. The molecule has 7 heteroatoms. The Bertz CT molecular complexity index is 796. The predicted octanol–water partition coefficient (Wildman–Crippen LogP) is 5.97. The van der Waals surface area contributed by atoms with E-state index in [1.54, 1.807) is 29.6 Å². The quantitative estimate of drug-likeness (QED) is 0.527. The summed E-state index contributed by atoms with van der Waals surface area (Å²) in [6, 6.07) is 7.90. The van der Waals surface area contributed by atoms with Crippen LogP contribution in [-0.4, -0.2) is 9.97 Å². The van der Waals surface area contributed by atoms with Gasteiger partial charge in [0.25, 0.3) is 0 Å². The average molecular weight is 360 g/mol. The van der Waals surface area contributed by atoms with Gasteiger partial charge in [0.05, 0.1) is 15.5 Å². The number of aromatic nitrogens is 2. The summed E-state index contributed by atoms with van der Waals surface area (Å²) >= 11 is 19.6. The molecular weight excluding hydrogens is 354 g/mol. The summed E-state index contributed by atoms with van der Waals surface area (Å²) in [6.07, 6.45) is 0. The second kappa shape index (κ2) is 5.89. The van der Waals surface area contributed by atoms with E-state index in [0.717, 1.165) is 4.88 Å². The van der Waals surface area contributed by atoms with Crippen molar-refractivity contribution in [2.45, 2.75) is 0 Å². The van der Waals surface area contributed by atoms with Gasteiger partial charge >= 0.3 is 0 Å². The average Bonchev–Trinajstić information content (AvgIpc) is 2.87.